The lowest BCUT2D eigenvalue weighted by Crippen LogP contribution is -2.51. The molecule has 2 N–H and O–H groups in total. The Balaban J connectivity index is 1.73. The third-order valence-electron chi connectivity index (χ3n) is 5.12. The first kappa shape index (κ1) is 20.8. The molecule has 1 atom stereocenters. The van der Waals surface area contributed by atoms with Crippen molar-refractivity contribution in [3.05, 3.63) is 60.2 Å². The number of amides is 2. The summed E-state index contributed by atoms with van der Waals surface area (Å²) in [6, 6.07) is 16.8. The summed E-state index contributed by atoms with van der Waals surface area (Å²) in [5, 5.41) is 5.69. The van der Waals surface area contributed by atoms with Crippen LogP contribution in [0.3, 0.4) is 0 Å². The molecule has 1 aliphatic rings. The van der Waals surface area contributed by atoms with Gasteiger partial charge in [0.05, 0.1) is 13.7 Å². The molecule has 2 aromatic carbocycles. The maximum atomic E-state index is 13.2. The van der Waals surface area contributed by atoms with Crippen molar-refractivity contribution in [1.82, 2.24) is 15.1 Å². The fourth-order valence-electron chi connectivity index (χ4n) is 3.54. The molecule has 0 radical (unpaired) electrons. The number of carbonyl (C=O) groups excluding carboxylic acids is 2. The Kier molecular flexibility index (Phi) is 7.21. The van der Waals surface area contributed by atoms with Crippen LogP contribution >= 0.6 is 0 Å². The number of likely N-dealkylation sites (N-methyl/N-ethyl adjacent to an activating group) is 1. The molecule has 0 spiro atoms. The molecule has 0 unspecified atom stereocenters. The Morgan fingerprint density at radius 2 is 1.76 bits per heavy atom. The average molecular weight is 396 g/mol. The van der Waals surface area contributed by atoms with Gasteiger partial charge >= 0.3 is 0 Å². The van der Waals surface area contributed by atoms with Crippen molar-refractivity contribution in [2.75, 3.05) is 52.2 Å². The zero-order chi connectivity index (χ0) is 20.6. The first-order valence-electron chi connectivity index (χ1n) is 9.77. The summed E-state index contributed by atoms with van der Waals surface area (Å²) in [5.74, 6) is 0.625. The second-order valence-corrected chi connectivity index (χ2v) is 7.02. The van der Waals surface area contributed by atoms with E-state index in [0.717, 1.165) is 18.7 Å². The van der Waals surface area contributed by atoms with Crippen molar-refractivity contribution >= 4 is 17.5 Å². The predicted octanol–water partition coefficient (Wildman–Crippen LogP) is 1.74. The zero-order valence-electron chi connectivity index (χ0n) is 16.9. The highest BCUT2D eigenvalue weighted by Crippen LogP contribution is 2.25. The summed E-state index contributed by atoms with van der Waals surface area (Å²) in [6.07, 6.45) is 0. The van der Waals surface area contributed by atoms with E-state index in [9.17, 15) is 9.59 Å². The Morgan fingerprint density at radius 1 is 1.03 bits per heavy atom. The van der Waals surface area contributed by atoms with Crippen LogP contribution in [0.5, 0.6) is 5.75 Å². The second-order valence-electron chi connectivity index (χ2n) is 7.02. The van der Waals surface area contributed by atoms with Crippen LogP contribution in [0.1, 0.15) is 11.6 Å². The van der Waals surface area contributed by atoms with Gasteiger partial charge in [0.2, 0.25) is 11.8 Å². The summed E-state index contributed by atoms with van der Waals surface area (Å²) in [5.41, 5.74) is 1.65. The molecule has 0 aliphatic carbocycles. The predicted molar refractivity (Wildman–Crippen MR) is 113 cm³/mol. The van der Waals surface area contributed by atoms with Gasteiger partial charge in [-0.05, 0) is 17.7 Å². The van der Waals surface area contributed by atoms with E-state index in [2.05, 4.69) is 20.4 Å². The largest absolute Gasteiger partial charge is 0.497 e. The van der Waals surface area contributed by atoms with Crippen LogP contribution in [0.2, 0.25) is 0 Å². The van der Waals surface area contributed by atoms with Gasteiger partial charge in [-0.25, -0.2) is 0 Å². The van der Waals surface area contributed by atoms with Crippen LogP contribution in [-0.4, -0.2) is 68.5 Å². The molecule has 0 saturated carbocycles. The fourth-order valence-corrected chi connectivity index (χ4v) is 3.54. The van der Waals surface area contributed by atoms with E-state index in [4.69, 9.17) is 4.74 Å². The summed E-state index contributed by atoms with van der Waals surface area (Å²) in [7, 11) is 3.25. The van der Waals surface area contributed by atoms with E-state index < -0.39 is 6.04 Å². The summed E-state index contributed by atoms with van der Waals surface area (Å²) < 4.78 is 5.25. The van der Waals surface area contributed by atoms with Crippen LogP contribution in [0.4, 0.5) is 5.69 Å². The SMILES string of the molecule is CNC(=O)CN1CCN([C@@H](C(=O)Nc2cccc(OC)c2)c2ccccc2)CC1. The van der Waals surface area contributed by atoms with Gasteiger partial charge in [0.25, 0.3) is 0 Å². The molecule has 29 heavy (non-hydrogen) atoms. The Labute approximate surface area is 171 Å². The third-order valence-corrected chi connectivity index (χ3v) is 5.12. The monoisotopic (exact) mass is 396 g/mol. The molecule has 3 rings (SSSR count). The van der Waals surface area contributed by atoms with E-state index in [1.807, 2.05) is 48.5 Å². The Morgan fingerprint density at radius 3 is 2.41 bits per heavy atom. The topological polar surface area (TPSA) is 73.9 Å². The smallest absolute Gasteiger partial charge is 0.246 e. The summed E-state index contributed by atoms with van der Waals surface area (Å²) in [6.45, 7) is 3.28. The Bertz CT molecular complexity index is 820. The number of ether oxygens (including phenoxy) is 1. The first-order chi connectivity index (χ1) is 14.1. The molecular weight excluding hydrogens is 368 g/mol. The minimum Gasteiger partial charge on any atom is -0.497 e. The Hall–Kier alpha value is -2.90. The van der Waals surface area contributed by atoms with Crippen molar-refractivity contribution in [3.8, 4) is 5.75 Å². The summed E-state index contributed by atoms with van der Waals surface area (Å²) in [4.78, 5) is 29.2. The highest BCUT2D eigenvalue weighted by Gasteiger charge is 2.30. The highest BCUT2D eigenvalue weighted by atomic mass is 16.5. The maximum absolute atomic E-state index is 13.2. The number of hydrogen-bond donors (Lipinski definition) is 2. The van der Waals surface area contributed by atoms with Crippen LogP contribution in [0, 0.1) is 0 Å². The van der Waals surface area contributed by atoms with Crippen molar-refractivity contribution in [2.45, 2.75) is 6.04 Å². The van der Waals surface area contributed by atoms with Gasteiger partial charge < -0.3 is 15.4 Å². The zero-order valence-corrected chi connectivity index (χ0v) is 16.9. The first-order valence-corrected chi connectivity index (χ1v) is 9.77. The lowest BCUT2D eigenvalue weighted by atomic mass is 10.0. The molecule has 7 heteroatoms. The quantitative estimate of drug-likeness (QED) is 0.746. The van der Waals surface area contributed by atoms with Gasteiger partial charge in [-0.15, -0.1) is 0 Å². The van der Waals surface area contributed by atoms with Crippen LogP contribution in [-0.2, 0) is 9.59 Å². The van der Waals surface area contributed by atoms with Crippen molar-refractivity contribution < 1.29 is 14.3 Å². The molecule has 154 valence electrons. The molecule has 2 amide bonds. The van der Waals surface area contributed by atoms with Gasteiger partial charge in [-0.1, -0.05) is 36.4 Å². The number of methoxy groups -OCH3 is 1. The normalized spacial score (nSPS) is 16.1. The van der Waals surface area contributed by atoms with Gasteiger partial charge in [0.1, 0.15) is 11.8 Å². The third kappa shape index (κ3) is 5.56. The standard InChI is InChI=1S/C22H28N4O3/c1-23-20(27)16-25-11-13-26(14-12-25)21(17-7-4-3-5-8-17)22(28)24-18-9-6-10-19(15-18)29-2/h3-10,15,21H,11-14,16H2,1-2H3,(H,23,27)(H,24,28)/t21-/m1/s1. The minimum absolute atomic E-state index is 0.00817. The van der Waals surface area contributed by atoms with E-state index in [-0.39, 0.29) is 11.8 Å². The molecule has 7 nitrogen and oxygen atoms in total. The van der Waals surface area contributed by atoms with Crippen LogP contribution in [0.25, 0.3) is 0 Å². The van der Waals surface area contributed by atoms with Crippen molar-refractivity contribution in [2.24, 2.45) is 0 Å². The minimum atomic E-state index is -0.399. The number of anilines is 1. The summed E-state index contributed by atoms with van der Waals surface area (Å²) >= 11 is 0. The fraction of sp³-hybridized carbons (Fsp3) is 0.364. The van der Waals surface area contributed by atoms with Gasteiger partial charge in [-0.3, -0.25) is 19.4 Å². The number of piperazine rings is 1. The van der Waals surface area contributed by atoms with E-state index in [0.29, 0.717) is 31.1 Å². The van der Waals surface area contributed by atoms with E-state index >= 15 is 0 Å². The number of benzene rings is 2. The van der Waals surface area contributed by atoms with Crippen LogP contribution < -0.4 is 15.4 Å². The van der Waals surface area contributed by atoms with E-state index in [1.165, 1.54) is 0 Å². The number of nitrogens with zero attached hydrogens (tertiary/aromatic N) is 2. The average Bonchev–Trinajstić information content (AvgIpc) is 2.76. The number of nitrogens with one attached hydrogen (secondary N) is 2. The molecule has 1 fully saturated rings. The van der Waals surface area contributed by atoms with E-state index in [1.54, 1.807) is 20.2 Å². The molecule has 1 saturated heterocycles. The van der Waals surface area contributed by atoms with Gasteiger partial charge in [0.15, 0.2) is 0 Å². The van der Waals surface area contributed by atoms with Gasteiger partial charge in [0, 0.05) is 45.0 Å². The second kappa shape index (κ2) is 10.0. The van der Waals surface area contributed by atoms with Gasteiger partial charge in [-0.2, -0.15) is 0 Å². The molecule has 0 bridgehead atoms. The molecule has 1 aliphatic heterocycles. The molecular formula is C22H28N4O3. The number of carbonyl (C=O) groups is 2. The number of hydrogen-bond acceptors (Lipinski definition) is 5. The molecule has 2 aromatic rings. The van der Waals surface area contributed by atoms with Crippen molar-refractivity contribution in [1.29, 1.82) is 0 Å². The maximum Gasteiger partial charge on any atom is 0.246 e. The lowest BCUT2D eigenvalue weighted by molar-refractivity contribution is -0.125. The molecule has 1 heterocycles. The van der Waals surface area contributed by atoms with Crippen molar-refractivity contribution in [3.63, 3.8) is 0 Å². The molecule has 0 aromatic heterocycles. The lowest BCUT2D eigenvalue weighted by Gasteiger charge is -2.38. The number of rotatable bonds is 7. The van der Waals surface area contributed by atoms with Crippen LogP contribution in [0.15, 0.2) is 54.6 Å². The highest BCUT2D eigenvalue weighted by molar-refractivity contribution is 5.95.